The Labute approximate surface area is 121 Å². The zero-order valence-electron chi connectivity index (χ0n) is 11.6. The molecule has 2 aromatic rings. The number of aryl methyl sites for hydroxylation is 2. The van der Waals surface area contributed by atoms with Crippen molar-refractivity contribution in [2.75, 3.05) is 0 Å². The molecule has 0 aliphatic carbocycles. The molecule has 6 nitrogen and oxygen atoms in total. The maximum Gasteiger partial charge on any atom is 0.335 e. The van der Waals surface area contributed by atoms with Crippen molar-refractivity contribution in [3.8, 4) is 0 Å². The Morgan fingerprint density at radius 1 is 1.33 bits per heavy atom. The Bertz CT molecular complexity index is 649. The van der Waals surface area contributed by atoms with E-state index in [1.54, 1.807) is 31.2 Å². The zero-order valence-corrected chi connectivity index (χ0v) is 11.6. The minimum absolute atomic E-state index is 0.163. The maximum absolute atomic E-state index is 11.8. The number of hydrogen-bond donors (Lipinski definition) is 2. The van der Waals surface area contributed by atoms with E-state index in [0.717, 1.165) is 5.69 Å². The number of carbonyl (C=O) groups excluding carboxylic acids is 1. The number of nitrogens with zero attached hydrogens (tertiary/aromatic N) is 1. The largest absolute Gasteiger partial charge is 0.478 e. The first-order chi connectivity index (χ1) is 10.1. The summed E-state index contributed by atoms with van der Waals surface area (Å²) in [7, 11) is 0. The van der Waals surface area contributed by atoms with Gasteiger partial charge in [0, 0.05) is 12.5 Å². The molecule has 6 heteroatoms. The van der Waals surface area contributed by atoms with Gasteiger partial charge >= 0.3 is 5.97 Å². The topological polar surface area (TPSA) is 92.4 Å². The van der Waals surface area contributed by atoms with Crippen LogP contribution in [0.5, 0.6) is 0 Å². The Morgan fingerprint density at radius 3 is 2.76 bits per heavy atom. The summed E-state index contributed by atoms with van der Waals surface area (Å²) in [6.45, 7) is 2.08. The summed E-state index contributed by atoms with van der Waals surface area (Å²) in [4.78, 5) is 22.8. The molecular formula is C15H16N2O4. The number of rotatable bonds is 6. The van der Waals surface area contributed by atoms with Crippen LogP contribution in [0.15, 0.2) is 34.9 Å². The van der Waals surface area contributed by atoms with Crippen LogP contribution in [0.2, 0.25) is 0 Å². The predicted molar refractivity (Wildman–Crippen MR) is 74.8 cm³/mol. The van der Waals surface area contributed by atoms with Gasteiger partial charge in [0.15, 0.2) is 5.76 Å². The molecule has 0 saturated heterocycles. The van der Waals surface area contributed by atoms with E-state index in [1.165, 1.54) is 6.07 Å². The normalized spacial score (nSPS) is 10.3. The Kier molecular flexibility index (Phi) is 4.71. The lowest BCUT2D eigenvalue weighted by Crippen LogP contribution is -2.23. The highest BCUT2D eigenvalue weighted by molar-refractivity contribution is 5.89. The second kappa shape index (κ2) is 6.69. The quantitative estimate of drug-likeness (QED) is 0.847. The number of aromatic carboxylic acids is 1. The van der Waals surface area contributed by atoms with Crippen molar-refractivity contribution in [1.82, 2.24) is 10.5 Å². The highest BCUT2D eigenvalue weighted by Gasteiger charge is 2.11. The molecule has 21 heavy (non-hydrogen) atoms. The minimum atomic E-state index is -0.983. The second-order valence-corrected chi connectivity index (χ2v) is 4.67. The van der Waals surface area contributed by atoms with Crippen molar-refractivity contribution in [2.24, 2.45) is 0 Å². The third-order valence-corrected chi connectivity index (χ3v) is 3.01. The molecule has 1 heterocycles. The Morgan fingerprint density at radius 2 is 2.10 bits per heavy atom. The monoisotopic (exact) mass is 288 g/mol. The number of amides is 1. The molecule has 0 aliphatic heterocycles. The summed E-state index contributed by atoms with van der Waals surface area (Å²) in [6.07, 6.45) is 0.598. The average molecular weight is 288 g/mol. The van der Waals surface area contributed by atoms with E-state index in [2.05, 4.69) is 10.5 Å². The minimum Gasteiger partial charge on any atom is -0.478 e. The summed E-state index contributed by atoms with van der Waals surface area (Å²) in [6, 6.07) is 8.43. The van der Waals surface area contributed by atoms with Gasteiger partial charge in [-0.3, -0.25) is 4.79 Å². The van der Waals surface area contributed by atoms with Gasteiger partial charge in [-0.2, -0.15) is 0 Å². The van der Waals surface area contributed by atoms with Crippen LogP contribution in [-0.2, 0) is 17.8 Å². The Balaban J connectivity index is 1.85. The number of nitrogens with one attached hydrogen (secondary N) is 1. The molecule has 0 aliphatic rings. The SMILES string of the molecule is Cc1cc(CNC(=O)CCc2ccccc2C(=O)O)on1. The van der Waals surface area contributed by atoms with E-state index >= 15 is 0 Å². The lowest BCUT2D eigenvalue weighted by atomic mass is 10.0. The third kappa shape index (κ3) is 4.17. The van der Waals surface area contributed by atoms with Gasteiger partial charge in [-0.25, -0.2) is 4.79 Å². The molecule has 2 N–H and O–H groups in total. The molecule has 2 rings (SSSR count). The molecule has 0 radical (unpaired) electrons. The molecule has 1 amide bonds. The van der Waals surface area contributed by atoms with Crippen LogP contribution < -0.4 is 5.32 Å². The van der Waals surface area contributed by atoms with Crippen molar-refractivity contribution in [1.29, 1.82) is 0 Å². The molecule has 110 valence electrons. The van der Waals surface area contributed by atoms with Crippen molar-refractivity contribution in [3.63, 3.8) is 0 Å². The smallest absolute Gasteiger partial charge is 0.335 e. The lowest BCUT2D eigenvalue weighted by Gasteiger charge is -2.06. The molecular weight excluding hydrogens is 272 g/mol. The fraction of sp³-hybridized carbons (Fsp3) is 0.267. The number of benzene rings is 1. The van der Waals surface area contributed by atoms with Crippen molar-refractivity contribution in [3.05, 3.63) is 52.9 Å². The van der Waals surface area contributed by atoms with Crippen LogP contribution in [0.25, 0.3) is 0 Å². The van der Waals surface area contributed by atoms with Gasteiger partial charge in [-0.15, -0.1) is 0 Å². The summed E-state index contributed by atoms with van der Waals surface area (Å²) >= 11 is 0. The van der Waals surface area contributed by atoms with Gasteiger partial charge in [0.2, 0.25) is 5.91 Å². The number of carboxylic acids is 1. The average Bonchev–Trinajstić information content (AvgIpc) is 2.88. The number of carbonyl (C=O) groups is 2. The van der Waals surface area contributed by atoms with Crippen LogP contribution in [0.4, 0.5) is 0 Å². The molecule has 0 unspecified atom stereocenters. The van der Waals surface area contributed by atoms with Gasteiger partial charge in [0.25, 0.3) is 0 Å². The third-order valence-electron chi connectivity index (χ3n) is 3.01. The highest BCUT2D eigenvalue weighted by atomic mass is 16.5. The number of hydrogen-bond acceptors (Lipinski definition) is 4. The van der Waals surface area contributed by atoms with Gasteiger partial charge in [-0.1, -0.05) is 23.4 Å². The molecule has 0 saturated carbocycles. The van der Waals surface area contributed by atoms with E-state index in [9.17, 15) is 9.59 Å². The maximum atomic E-state index is 11.8. The fourth-order valence-electron chi connectivity index (χ4n) is 1.97. The Hall–Kier alpha value is -2.63. The van der Waals surface area contributed by atoms with E-state index in [-0.39, 0.29) is 24.4 Å². The summed E-state index contributed by atoms with van der Waals surface area (Å²) in [5, 5.41) is 15.5. The van der Waals surface area contributed by atoms with E-state index < -0.39 is 5.97 Å². The highest BCUT2D eigenvalue weighted by Crippen LogP contribution is 2.11. The first-order valence-corrected chi connectivity index (χ1v) is 6.56. The molecule has 0 atom stereocenters. The summed E-state index contributed by atoms with van der Waals surface area (Å²) in [5.74, 6) is -0.556. The summed E-state index contributed by atoms with van der Waals surface area (Å²) in [5.41, 5.74) is 1.64. The van der Waals surface area contributed by atoms with Crippen LogP contribution in [0.3, 0.4) is 0 Å². The van der Waals surface area contributed by atoms with Crippen molar-refractivity contribution in [2.45, 2.75) is 26.3 Å². The van der Waals surface area contributed by atoms with Gasteiger partial charge in [0.05, 0.1) is 17.8 Å². The molecule has 0 fully saturated rings. The van der Waals surface area contributed by atoms with Crippen LogP contribution in [0, 0.1) is 6.92 Å². The van der Waals surface area contributed by atoms with Crippen LogP contribution in [0.1, 0.15) is 33.8 Å². The zero-order chi connectivity index (χ0) is 15.2. The van der Waals surface area contributed by atoms with Crippen LogP contribution in [-0.4, -0.2) is 22.1 Å². The molecule has 0 bridgehead atoms. The number of carboxylic acid groups (broad SMARTS) is 1. The first-order valence-electron chi connectivity index (χ1n) is 6.56. The van der Waals surface area contributed by atoms with E-state index in [1.807, 2.05) is 0 Å². The first kappa shape index (κ1) is 14.8. The number of aromatic nitrogens is 1. The van der Waals surface area contributed by atoms with Crippen molar-refractivity contribution >= 4 is 11.9 Å². The van der Waals surface area contributed by atoms with E-state index in [0.29, 0.717) is 17.7 Å². The summed E-state index contributed by atoms with van der Waals surface area (Å²) < 4.78 is 4.99. The fourth-order valence-corrected chi connectivity index (χ4v) is 1.97. The molecule has 1 aromatic carbocycles. The van der Waals surface area contributed by atoms with Crippen molar-refractivity contribution < 1.29 is 19.2 Å². The van der Waals surface area contributed by atoms with Crippen LogP contribution >= 0.6 is 0 Å². The molecule has 1 aromatic heterocycles. The van der Waals surface area contributed by atoms with Gasteiger partial charge in [0.1, 0.15) is 0 Å². The second-order valence-electron chi connectivity index (χ2n) is 4.67. The van der Waals surface area contributed by atoms with E-state index in [4.69, 9.17) is 9.63 Å². The van der Waals surface area contributed by atoms with Gasteiger partial charge < -0.3 is 14.9 Å². The predicted octanol–water partition coefficient (Wildman–Crippen LogP) is 1.93. The standard InChI is InChI=1S/C15H16N2O4/c1-10-8-12(21-17-10)9-16-14(18)7-6-11-4-2-3-5-13(11)15(19)20/h2-5,8H,6-7,9H2,1H3,(H,16,18)(H,19,20). The molecule has 0 spiro atoms. The van der Waals surface area contributed by atoms with Gasteiger partial charge in [-0.05, 0) is 25.0 Å². The lowest BCUT2D eigenvalue weighted by molar-refractivity contribution is -0.121.